The first kappa shape index (κ1) is 15.5. The van der Waals surface area contributed by atoms with Crippen molar-refractivity contribution in [2.45, 2.75) is 5.60 Å². The van der Waals surface area contributed by atoms with Crippen LogP contribution in [0.1, 0.15) is 27.0 Å². The van der Waals surface area contributed by atoms with Gasteiger partial charge in [0.25, 0.3) is 0 Å². The fourth-order valence-electron chi connectivity index (χ4n) is 3.67. The van der Waals surface area contributed by atoms with Gasteiger partial charge in [-0.15, -0.1) is 0 Å². The molecule has 5 rings (SSSR count). The summed E-state index contributed by atoms with van der Waals surface area (Å²) < 4.78 is 12.8. The number of carbonyl (C=O) groups excluding carboxylic acids is 1. The second-order valence-corrected chi connectivity index (χ2v) is 7.47. The Morgan fingerprint density at radius 1 is 0.808 bits per heavy atom. The maximum absolute atomic E-state index is 12.6. The van der Waals surface area contributed by atoms with Crippen LogP contribution in [0.3, 0.4) is 0 Å². The van der Waals surface area contributed by atoms with Crippen LogP contribution in [0.15, 0.2) is 54.6 Å². The molecule has 0 amide bonds. The standard InChI is InChI=1S/C20H11IO5/c21-10-1-4-13-16(7-10)20(26-19(13)24)14-5-2-11(22)8-17(14)25-18-9-12(23)3-6-15(18)20/h1-9,22-23H. The molecule has 0 saturated heterocycles. The van der Waals surface area contributed by atoms with Crippen LogP contribution in [0.2, 0.25) is 0 Å². The highest BCUT2D eigenvalue weighted by molar-refractivity contribution is 14.1. The number of hydrogen-bond donors (Lipinski definition) is 2. The van der Waals surface area contributed by atoms with Crippen molar-refractivity contribution in [1.82, 2.24) is 0 Å². The van der Waals surface area contributed by atoms with Gasteiger partial charge in [0, 0.05) is 32.4 Å². The van der Waals surface area contributed by atoms with E-state index in [4.69, 9.17) is 9.47 Å². The third-order valence-electron chi connectivity index (χ3n) is 4.74. The summed E-state index contributed by atoms with van der Waals surface area (Å²) in [5, 5.41) is 19.8. The van der Waals surface area contributed by atoms with Crippen molar-refractivity contribution in [2.75, 3.05) is 0 Å². The van der Waals surface area contributed by atoms with Crippen LogP contribution in [-0.4, -0.2) is 16.2 Å². The molecule has 26 heavy (non-hydrogen) atoms. The number of carbonyl (C=O) groups is 1. The molecule has 0 bridgehead atoms. The average molecular weight is 458 g/mol. The molecule has 128 valence electrons. The maximum atomic E-state index is 12.6. The summed E-state index contributed by atoms with van der Waals surface area (Å²) in [6.45, 7) is 0. The molecule has 0 aromatic heterocycles. The van der Waals surface area contributed by atoms with Crippen molar-refractivity contribution in [2.24, 2.45) is 0 Å². The van der Waals surface area contributed by atoms with E-state index >= 15 is 0 Å². The zero-order chi connectivity index (χ0) is 18.1. The molecule has 0 aliphatic carbocycles. The van der Waals surface area contributed by atoms with E-state index in [9.17, 15) is 15.0 Å². The third-order valence-corrected chi connectivity index (χ3v) is 5.41. The molecule has 2 aliphatic heterocycles. The summed E-state index contributed by atoms with van der Waals surface area (Å²) in [6.07, 6.45) is 0. The second-order valence-electron chi connectivity index (χ2n) is 6.22. The lowest BCUT2D eigenvalue weighted by Crippen LogP contribution is -2.33. The van der Waals surface area contributed by atoms with Gasteiger partial charge < -0.3 is 19.7 Å². The fourth-order valence-corrected chi connectivity index (χ4v) is 4.16. The normalized spacial score (nSPS) is 15.7. The molecule has 2 heterocycles. The third kappa shape index (κ3) is 1.93. The van der Waals surface area contributed by atoms with Gasteiger partial charge in [0.2, 0.25) is 0 Å². The van der Waals surface area contributed by atoms with Crippen LogP contribution >= 0.6 is 22.6 Å². The predicted octanol–water partition coefficient (Wildman–Crippen LogP) is 4.27. The van der Waals surface area contributed by atoms with Crippen LogP contribution < -0.4 is 4.74 Å². The number of halogens is 1. The van der Waals surface area contributed by atoms with Crippen molar-refractivity contribution >= 4 is 28.6 Å². The van der Waals surface area contributed by atoms with Gasteiger partial charge >= 0.3 is 5.97 Å². The van der Waals surface area contributed by atoms with Gasteiger partial charge in [-0.05, 0) is 65.1 Å². The first-order valence-corrected chi connectivity index (χ1v) is 8.95. The Hall–Kier alpha value is -2.74. The molecule has 3 aromatic carbocycles. The number of hydrogen-bond acceptors (Lipinski definition) is 5. The van der Waals surface area contributed by atoms with Gasteiger partial charge in [0.05, 0.1) is 5.56 Å². The number of phenols is 2. The maximum Gasteiger partial charge on any atom is 0.340 e. The SMILES string of the molecule is O=C1OC2(c3ccc(O)cc3Oc3cc(O)ccc32)c2cc(I)ccc21. The zero-order valence-corrected chi connectivity index (χ0v) is 15.4. The monoisotopic (exact) mass is 458 g/mol. The molecule has 0 atom stereocenters. The topological polar surface area (TPSA) is 76.0 Å². The molecular formula is C20H11IO5. The smallest absolute Gasteiger partial charge is 0.340 e. The molecule has 1 spiro atoms. The highest BCUT2D eigenvalue weighted by atomic mass is 127. The molecule has 0 saturated carbocycles. The molecule has 0 unspecified atom stereocenters. The lowest BCUT2D eigenvalue weighted by Gasteiger charge is -2.36. The zero-order valence-electron chi connectivity index (χ0n) is 13.2. The molecule has 5 nitrogen and oxygen atoms in total. The van der Waals surface area contributed by atoms with E-state index in [0.717, 1.165) is 9.13 Å². The second kappa shape index (κ2) is 5.14. The van der Waals surface area contributed by atoms with Crippen molar-refractivity contribution in [3.8, 4) is 23.0 Å². The number of fused-ring (bicyclic) bond motifs is 6. The molecule has 0 radical (unpaired) electrons. The van der Waals surface area contributed by atoms with E-state index in [0.29, 0.717) is 28.2 Å². The van der Waals surface area contributed by atoms with Gasteiger partial charge in [-0.25, -0.2) is 4.79 Å². The Kier molecular flexibility index (Phi) is 3.06. The Morgan fingerprint density at radius 2 is 1.42 bits per heavy atom. The van der Waals surface area contributed by atoms with Crippen molar-refractivity contribution in [3.63, 3.8) is 0 Å². The van der Waals surface area contributed by atoms with Gasteiger partial charge in [-0.1, -0.05) is 0 Å². The molecule has 0 fully saturated rings. The largest absolute Gasteiger partial charge is 0.508 e. The highest BCUT2D eigenvalue weighted by Crippen LogP contribution is 2.57. The van der Waals surface area contributed by atoms with Gasteiger partial charge in [0.15, 0.2) is 5.60 Å². The van der Waals surface area contributed by atoms with Crippen LogP contribution in [0.5, 0.6) is 23.0 Å². The Balaban J connectivity index is 1.92. The average Bonchev–Trinajstić information content (AvgIpc) is 2.87. The summed E-state index contributed by atoms with van der Waals surface area (Å²) >= 11 is 2.19. The summed E-state index contributed by atoms with van der Waals surface area (Å²) in [7, 11) is 0. The number of phenolic OH excluding ortho intramolecular Hbond substituents is 2. The van der Waals surface area contributed by atoms with Gasteiger partial charge in [-0.2, -0.15) is 0 Å². The summed E-state index contributed by atoms with van der Waals surface area (Å²) in [4.78, 5) is 12.6. The van der Waals surface area contributed by atoms with E-state index < -0.39 is 11.6 Å². The quantitative estimate of drug-likeness (QED) is 0.389. The van der Waals surface area contributed by atoms with Crippen molar-refractivity contribution in [3.05, 3.63) is 80.4 Å². The molecule has 3 aromatic rings. The van der Waals surface area contributed by atoms with Gasteiger partial charge in [-0.3, -0.25) is 0 Å². The summed E-state index contributed by atoms with van der Waals surface area (Å²) in [6, 6.07) is 14.9. The van der Waals surface area contributed by atoms with Crippen molar-refractivity contribution < 1.29 is 24.5 Å². The van der Waals surface area contributed by atoms with E-state index in [-0.39, 0.29) is 11.5 Å². The first-order valence-electron chi connectivity index (χ1n) is 7.87. The molecule has 2 N–H and O–H groups in total. The van der Waals surface area contributed by atoms with E-state index in [1.165, 1.54) is 24.3 Å². The number of aromatic hydroxyl groups is 2. The number of rotatable bonds is 0. The summed E-state index contributed by atoms with van der Waals surface area (Å²) in [5.41, 5.74) is 1.28. The molecule has 6 heteroatoms. The van der Waals surface area contributed by atoms with E-state index in [1.54, 1.807) is 18.2 Å². The minimum absolute atomic E-state index is 0.0368. The van der Waals surface area contributed by atoms with E-state index in [1.807, 2.05) is 12.1 Å². The van der Waals surface area contributed by atoms with Crippen LogP contribution in [-0.2, 0) is 10.3 Å². The number of ether oxygens (including phenoxy) is 2. The van der Waals surface area contributed by atoms with Crippen molar-refractivity contribution in [1.29, 1.82) is 0 Å². The highest BCUT2D eigenvalue weighted by Gasteiger charge is 2.53. The minimum atomic E-state index is -1.18. The Bertz CT molecular complexity index is 1050. The summed E-state index contributed by atoms with van der Waals surface area (Å²) in [5.74, 6) is 0.408. The lowest BCUT2D eigenvalue weighted by atomic mass is 9.77. The first-order chi connectivity index (χ1) is 12.5. The minimum Gasteiger partial charge on any atom is -0.508 e. The van der Waals surface area contributed by atoms with Gasteiger partial charge in [0.1, 0.15) is 23.0 Å². The van der Waals surface area contributed by atoms with Crippen LogP contribution in [0.4, 0.5) is 0 Å². The van der Waals surface area contributed by atoms with Crippen LogP contribution in [0.25, 0.3) is 0 Å². The fraction of sp³-hybridized carbons (Fsp3) is 0.0500. The van der Waals surface area contributed by atoms with Crippen LogP contribution in [0, 0.1) is 3.57 Å². The predicted molar refractivity (Wildman–Crippen MR) is 101 cm³/mol. The number of benzene rings is 3. The Morgan fingerprint density at radius 3 is 2.04 bits per heavy atom. The number of esters is 1. The molecular weight excluding hydrogens is 447 g/mol. The van der Waals surface area contributed by atoms with E-state index in [2.05, 4.69) is 22.6 Å². The lowest BCUT2D eigenvalue weighted by molar-refractivity contribution is 0.0224. The Labute approximate surface area is 162 Å². The molecule has 2 aliphatic rings.